The van der Waals surface area contributed by atoms with Gasteiger partial charge >= 0.3 is 0 Å². The normalized spacial score (nSPS) is 11.2. The predicted molar refractivity (Wildman–Crippen MR) is 76.8 cm³/mol. The average Bonchev–Trinajstić information content (AvgIpc) is 2.29. The SMILES string of the molecule is CC(=O)CCCN(C)Cc1ccc(C(C)C)cc1. The lowest BCUT2D eigenvalue weighted by molar-refractivity contribution is -0.117. The van der Waals surface area contributed by atoms with Gasteiger partial charge in [-0.25, -0.2) is 0 Å². The fourth-order valence-electron chi connectivity index (χ4n) is 2.00. The minimum absolute atomic E-state index is 0.282. The molecule has 0 aliphatic carbocycles. The Bertz CT molecular complexity index is 367. The van der Waals surface area contributed by atoms with E-state index in [0.29, 0.717) is 12.3 Å². The maximum absolute atomic E-state index is 10.9. The Kier molecular flexibility index (Phi) is 6.06. The molecular formula is C16H25NO. The first-order valence-corrected chi connectivity index (χ1v) is 6.76. The van der Waals surface area contributed by atoms with Crippen molar-refractivity contribution in [2.24, 2.45) is 0 Å². The van der Waals surface area contributed by atoms with Gasteiger partial charge in [0.05, 0.1) is 0 Å². The lowest BCUT2D eigenvalue weighted by atomic mass is 10.0. The van der Waals surface area contributed by atoms with E-state index in [1.54, 1.807) is 6.92 Å². The van der Waals surface area contributed by atoms with Gasteiger partial charge in [-0.05, 0) is 44.0 Å². The van der Waals surface area contributed by atoms with Crippen LogP contribution in [0.15, 0.2) is 24.3 Å². The van der Waals surface area contributed by atoms with Gasteiger partial charge in [0, 0.05) is 13.0 Å². The number of rotatable bonds is 7. The van der Waals surface area contributed by atoms with Gasteiger partial charge in [-0.1, -0.05) is 38.1 Å². The van der Waals surface area contributed by atoms with Gasteiger partial charge in [-0.3, -0.25) is 0 Å². The second kappa shape index (κ2) is 7.32. The number of Topliss-reactive ketones (excluding diaryl/α,β-unsaturated/α-hetero) is 1. The highest BCUT2D eigenvalue weighted by molar-refractivity contribution is 5.75. The molecule has 0 radical (unpaired) electrons. The summed E-state index contributed by atoms with van der Waals surface area (Å²) in [7, 11) is 2.11. The number of benzene rings is 1. The summed E-state index contributed by atoms with van der Waals surface area (Å²) in [6.07, 6.45) is 1.65. The summed E-state index contributed by atoms with van der Waals surface area (Å²) in [4.78, 5) is 13.1. The fraction of sp³-hybridized carbons (Fsp3) is 0.562. The summed E-state index contributed by atoms with van der Waals surface area (Å²) >= 11 is 0. The second-order valence-corrected chi connectivity index (χ2v) is 5.44. The highest BCUT2D eigenvalue weighted by atomic mass is 16.1. The third-order valence-corrected chi connectivity index (χ3v) is 3.17. The Hall–Kier alpha value is -1.15. The average molecular weight is 247 g/mol. The number of hydrogen-bond acceptors (Lipinski definition) is 2. The molecule has 1 rings (SSSR count). The van der Waals surface area contributed by atoms with Crippen LogP contribution in [0, 0.1) is 0 Å². The van der Waals surface area contributed by atoms with Crippen LogP contribution in [-0.2, 0) is 11.3 Å². The highest BCUT2D eigenvalue weighted by Crippen LogP contribution is 2.15. The lowest BCUT2D eigenvalue weighted by Crippen LogP contribution is -2.19. The molecule has 1 aromatic carbocycles. The number of hydrogen-bond donors (Lipinski definition) is 0. The van der Waals surface area contributed by atoms with E-state index >= 15 is 0 Å². The summed E-state index contributed by atoms with van der Waals surface area (Å²) in [5.41, 5.74) is 2.72. The summed E-state index contributed by atoms with van der Waals surface area (Å²) in [5.74, 6) is 0.872. The third-order valence-electron chi connectivity index (χ3n) is 3.17. The molecule has 0 spiro atoms. The van der Waals surface area contributed by atoms with Gasteiger partial charge in [0.2, 0.25) is 0 Å². The summed E-state index contributed by atoms with van der Waals surface area (Å²) in [6, 6.07) is 8.83. The molecule has 18 heavy (non-hydrogen) atoms. The zero-order valence-electron chi connectivity index (χ0n) is 12.1. The number of carbonyl (C=O) groups is 1. The molecular weight excluding hydrogens is 222 g/mol. The molecule has 100 valence electrons. The first kappa shape index (κ1) is 14.9. The van der Waals surface area contributed by atoms with Crippen LogP contribution in [0.5, 0.6) is 0 Å². The van der Waals surface area contributed by atoms with Crippen molar-refractivity contribution in [3.05, 3.63) is 35.4 Å². The van der Waals surface area contributed by atoms with Crippen LogP contribution in [0.4, 0.5) is 0 Å². The lowest BCUT2D eigenvalue weighted by Gasteiger charge is -2.16. The van der Waals surface area contributed by atoms with Crippen molar-refractivity contribution in [1.82, 2.24) is 4.90 Å². The molecule has 0 heterocycles. The van der Waals surface area contributed by atoms with E-state index in [9.17, 15) is 4.79 Å². The van der Waals surface area contributed by atoms with Crippen molar-refractivity contribution in [3.63, 3.8) is 0 Å². The monoisotopic (exact) mass is 247 g/mol. The molecule has 0 unspecified atom stereocenters. The van der Waals surface area contributed by atoms with Gasteiger partial charge < -0.3 is 9.69 Å². The minimum atomic E-state index is 0.282. The summed E-state index contributed by atoms with van der Waals surface area (Å²) in [5, 5.41) is 0. The topological polar surface area (TPSA) is 20.3 Å². The Morgan fingerprint density at radius 3 is 2.33 bits per heavy atom. The minimum Gasteiger partial charge on any atom is -0.302 e. The zero-order chi connectivity index (χ0) is 13.5. The van der Waals surface area contributed by atoms with Gasteiger partial charge in [-0.2, -0.15) is 0 Å². The molecule has 0 aromatic heterocycles. The van der Waals surface area contributed by atoms with E-state index in [2.05, 4.69) is 50.1 Å². The molecule has 0 amide bonds. The number of ketones is 1. The smallest absolute Gasteiger partial charge is 0.129 e. The van der Waals surface area contributed by atoms with Crippen LogP contribution in [-0.4, -0.2) is 24.3 Å². The molecule has 0 N–H and O–H groups in total. The molecule has 0 aliphatic rings. The van der Waals surface area contributed by atoms with Crippen molar-refractivity contribution < 1.29 is 4.79 Å². The maximum atomic E-state index is 10.9. The first-order valence-electron chi connectivity index (χ1n) is 6.76. The van der Waals surface area contributed by atoms with Gasteiger partial charge in [0.1, 0.15) is 5.78 Å². The van der Waals surface area contributed by atoms with Gasteiger partial charge in [-0.15, -0.1) is 0 Å². The van der Waals surface area contributed by atoms with E-state index in [4.69, 9.17) is 0 Å². The van der Waals surface area contributed by atoms with Crippen LogP contribution in [0.3, 0.4) is 0 Å². The predicted octanol–water partition coefficient (Wildman–Crippen LogP) is 3.61. The standard InChI is InChI=1S/C16H25NO/c1-13(2)16-9-7-15(8-10-16)12-17(4)11-5-6-14(3)18/h7-10,13H,5-6,11-12H2,1-4H3. The molecule has 2 heteroatoms. The Morgan fingerprint density at radius 2 is 1.83 bits per heavy atom. The van der Waals surface area contributed by atoms with Gasteiger partial charge in [0.25, 0.3) is 0 Å². The number of carbonyl (C=O) groups excluding carboxylic acids is 1. The Labute approximate surface area is 111 Å². The molecule has 1 aromatic rings. The Balaban J connectivity index is 2.39. The third kappa shape index (κ3) is 5.46. The highest BCUT2D eigenvalue weighted by Gasteiger charge is 2.03. The Morgan fingerprint density at radius 1 is 1.22 bits per heavy atom. The zero-order valence-corrected chi connectivity index (χ0v) is 12.1. The molecule has 0 saturated carbocycles. The second-order valence-electron chi connectivity index (χ2n) is 5.44. The quantitative estimate of drug-likeness (QED) is 0.733. The first-order chi connectivity index (χ1) is 8.49. The van der Waals surface area contributed by atoms with Crippen molar-refractivity contribution >= 4 is 5.78 Å². The van der Waals surface area contributed by atoms with Crippen LogP contribution in [0.25, 0.3) is 0 Å². The van der Waals surface area contributed by atoms with Crippen LogP contribution < -0.4 is 0 Å². The van der Waals surface area contributed by atoms with E-state index in [1.165, 1.54) is 11.1 Å². The number of nitrogens with zero attached hydrogens (tertiary/aromatic N) is 1. The summed E-state index contributed by atoms with van der Waals surface area (Å²) in [6.45, 7) is 8.01. The van der Waals surface area contributed by atoms with Crippen molar-refractivity contribution in [3.8, 4) is 0 Å². The fourth-order valence-corrected chi connectivity index (χ4v) is 2.00. The van der Waals surface area contributed by atoms with Crippen LogP contribution in [0.2, 0.25) is 0 Å². The van der Waals surface area contributed by atoms with Crippen molar-refractivity contribution in [2.45, 2.75) is 46.1 Å². The van der Waals surface area contributed by atoms with E-state index in [-0.39, 0.29) is 5.78 Å². The van der Waals surface area contributed by atoms with Gasteiger partial charge in [0.15, 0.2) is 0 Å². The molecule has 0 aliphatic heterocycles. The van der Waals surface area contributed by atoms with E-state index in [0.717, 1.165) is 19.5 Å². The molecule has 0 fully saturated rings. The van der Waals surface area contributed by atoms with E-state index in [1.807, 2.05) is 0 Å². The maximum Gasteiger partial charge on any atom is 0.129 e. The molecule has 2 nitrogen and oxygen atoms in total. The van der Waals surface area contributed by atoms with Crippen molar-refractivity contribution in [1.29, 1.82) is 0 Å². The van der Waals surface area contributed by atoms with Crippen molar-refractivity contribution in [2.75, 3.05) is 13.6 Å². The molecule has 0 atom stereocenters. The molecule has 0 bridgehead atoms. The molecule has 0 saturated heterocycles. The largest absolute Gasteiger partial charge is 0.302 e. The van der Waals surface area contributed by atoms with Crippen LogP contribution in [0.1, 0.15) is 50.7 Å². The van der Waals surface area contributed by atoms with E-state index < -0.39 is 0 Å². The van der Waals surface area contributed by atoms with Crippen LogP contribution >= 0.6 is 0 Å². The summed E-state index contributed by atoms with van der Waals surface area (Å²) < 4.78 is 0.